The number of hydrogen-bond donors (Lipinski definition) is 0. The fraction of sp³-hybridized carbons (Fsp3) is 0.778. The van der Waals surface area contributed by atoms with Crippen molar-refractivity contribution < 1.29 is 0 Å². The first-order valence-corrected chi connectivity index (χ1v) is 12.5. The molecule has 0 amide bonds. The minimum absolute atomic E-state index is 1.20. The second-order valence-corrected chi connectivity index (χ2v) is 8.11. The van der Waals surface area contributed by atoms with Gasteiger partial charge in [0, 0.05) is 19.6 Å². The molecule has 0 aromatic carbocycles. The van der Waals surface area contributed by atoms with Crippen LogP contribution in [0, 0.1) is 0 Å². The van der Waals surface area contributed by atoms with Crippen LogP contribution in [0.5, 0.6) is 0 Å². The van der Waals surface area contributed by atoms with Crippen molar-refractivity contribution >= 4 is 0 Å². The predicted molar refractivity (Wildman–Crippen MR) is 130 cm³/mol. The first kappa shape index (κ1) is 27.2. The normalized spacial score (nSPS) is 12.4. The second-order valence-electron chi connectivity index (χ2n) is 8.11. The first-order chi connectivity index (χ1) is 13.8. The molecule has 0 bridgehead atoms. The SMILES string of the molecule is CCCCC/C=C/CCN(CC/C=C/CCCCC)CC/C=C/CCCCC. The number of hydrogen-bond acceptors (Lipinski definition) is 1. The number of nitrogens with zero attached hydrogens (tertiary/aromatic N) is 1. The maximum atomic E-state index is 2.66. The van der Waals surface area contributed by atoms with Gasteiger partial charge >= 0.3 is 0 Å². The summed E-state index contributed by atoms with van der Waals surface area (Å²) in [5.74, 6) is 0. The van der Waals surface area contributed by atoms with Crippen LogP contribution < -0.4 is 0 Å². The van der Waals surface area contributed by atoms with Gasteiger partial charge < -0.3 is 4.90 Å². The Labute approximate surface area is 178 Å². The third-order valence-electron chi connectivity index (χ3n) is 5.26. The van der Waals surface area contributed by atoms with Gasteiger partial charge in [0.25, 0.3) is 0 Å². The highest BCUT2D eigenvalue weighted by molar-refractivity contribution is 4.87. The summed E-state index contributed by atoms with van der Waals surface area (Å²) in [4.78, 5) is 2.66. The third kappa shape index (κ3) is 21.5. The summed E-state index contributed by atoms with van der Waals surface area (Å²) in [6.45, 7) is 10.4. The monoisotopic (exact) mass is 389 g/mol. The molecule has 164 valence electrons. The minimum Gasteiger partial charge on any atom is -0.302 e. The predicted octanol–water partition coefficient (Wildman–Crippen LogP) is 8.87. The quantitative estimate of drug-likeness (QED) is 0.140. The zero-order chi connectivity index (χ0) is 20.5. The molecule has 0 aromatic heterocycles. The number of rotatable bonds is 21. The molecule has 1 nitrogen and oxygen atoms in total. The average molecular weight is 390 g/mol. The van der Waals surface area contributed by atoms with Gasteiger partial charge in [-0.05, 0) is 57.8 Å². The van der Waals surface area contributed by atoms with E-state index in [1.807, 2.05) is 0 Å². The summed E-state index contributed by atoms with van der Waals surface area (Å²) in [5.41, 5.74) is 0. The van der Waals surface area contributed by atoms with E-state index < -0.39 is 0 Å². The summed E-state index contributed by atoms with van der Waals surface area (Å²) in [7, 11) is 0. The molecule has 0 radical (unpaired) electrons. The average Bonchev–Trinajstić information content (AvgIpc) is 2.71. The van der Waals surface area contributed by atoms with Gasteiger partial charge in [-0.3, -0.25) is 0 Å². The largest absolute Gasteiger partial charge is 0.302 e. The van der Waals surface area contributed by atoms with Crippen molar-refractivity contribution in [3.63, 3.8) is 0 Å². The van der Waals surface area contributed by atoms with Gasteiger partial charge in [-0.25, -0.2) is 0 Å². The zero-order valence-corrected chi connectivity index (χ0v) is 19.6. The van der Waals surface area contributed by atoms with Crippen molar-refractivity contribution in [1.29, 1.82) is 0 Å². The van der Waals surface area contributed by atoms with Crippen molar-refractivity contribution in [2.75, 3.05) is 19.6 Å². The van der Waals surface area contributed by atoms with E-state index in [1.54, 1.807) is 0 Å². The topological polar surface area (TPSA) is 3.24 Å². The minimum atomic E-state index is 1.20. The van der Waals surface area contributed by atoms with Crippen molar-refractivity contribution in [1.82, 2.24) is 4.90 Å². The highest BCUT2D eigenvalue weighted by atomic mass is 15.1. The van der Waals surface area contributed by atoms with Crippen LogP contribution in [0.1, 0.15) is 117 Å². The van der Waals surface area contributed by atoms with Crippen LogP contribution in [0.3, 0.4) is 0 Å². The first-order valence-electron chi connectivity index (χ1n) is 12.5. The molecule has 0 atom stereocenters. The molecule has 0 saturated carbocycles. The molecule has 0 heterocycles. The third-order valence-corrected chi connectivity index (χ3v) is 5.26. The molecule has 0 unspecified atom stereocenters. The highest BCUT2D eigenvalue weighted by Gasteiger charge is 2.01. The Morgan fingerprint density at radius 2 is 0.679 bits per heavy atom. The maximum Gasteiger partial charge on any atom is 0.00162 e. The second kappa shape index (κ2) is 24.2. The molecule has 0 rings (SSSR count). The lowest BCUT2D eigenvalue weighted by atomic mass is 10.2. The lowest BCUT2D eigenvalue weighted by Gasteiger charge is -2.20. The molecule has 0 aliphatic carbocycles. The Morgan fingerprint density at radius 3 is 0.964 bits per heavy atom. The van der Waals surface area contributed by atoms with Gasteiger partial charge in [-0.15, -0.1) is 0 Å². The summed E-state index contributed by atoms with van der Waals surface area (Å²) < 4.78 is 0. The van der Waals surface area contributed by atoms with E-state index in [-0.39, 0.29) is 0 Å². The lowest BCUT2D eigenvalue weighted by molar-refractivity contribution is 0.289. The molecule has 0 aliphatic rings. The standard InChI is InChI=1S/C27H51N/c1-4-7-10-13-16-19-22-25-28(26-23-20-17-14-11-8-5-2)27-24-21-18-15-12-9-6-3/h16-21H,4-15,22-27H2,1-3H3/b19-16+,20-17+,21-18+. The summed E-state index contributed by atoms with van der Waals surface area (Å²) in [6.07, 6.45) is 33.9. The Kier molecular flexibility index (Phi) is 23.5. The zero-order valence-electron chi connectivity index (χ0n) is 19.6. The van der Waals surface area contributed by atoms with Gasteiger partial charge in [0.2, 0.25) is 0 Å². The fourth-order valence-corrected chi connectivity index (χ4v) is 3.35. The Morgan fingerprint density at radius 1 is 0.393 bits per heavy atom. The Bertz CT molecular complexity index is 309. The van der Waals surface area contributed by atoms with E-state index in [0.717, 1.165) is 0 Å². The summed E-state index contributed by atoms with van der Waals surface area (Å²) in [5, 5.41) is 0. The van der Waals surface area contributed by atoms with E-state index in [1.165, 1.54) is 116 Å². The summed E-state index contributed by atoms with van der Waals surface area (Å²) >= 11 is 0. The van der Waals surface area contributed by atoms with Crippen molar-refractivity contribution in [3.8, 4) is 0 Å². The van der Waals surface area contributed by atoms with Gasteiger partial charge in [0.15, 0.2) is 0 Å². The smallest absolute Gasteiger partial charge is 0.00162 e. The van der Waals surface area contributed by atoms with Crippen LogP contribution in [-0.2, 0) is 0 Å². The molecule has 0 aromatic rings. The Hall–Kier alpha value is -0.820. The van der Waals surface area contributed by atoms with E-state index in [9.17, 15) is 0 Å². The molecule has 28 heavy (non-hydrogen) atoms. The van der Waals surface area contributed by atoms with Crippen molar-refractivity contribution in [2.45, 2.75) is 117 Å². The number of unbranched alkanes of at least 4 members (excludes halogenated alkanes) is 9. The lowest BCUT2D eigenvalue weighted by Crippen LogP contribution is -2.26. The summed E-state index contributed by atoms with van der Waals surface area (Å²) in [6, 6.07) is 0. The molecule has 0 fully saturated rings. The van der Waals surface area contributed by atoms with E-state index in [2.05, 4.69) is 62.1 Å². The van der Waals surface area contributed by atoms with E-state index in [4.69, 9.17) is 0 Å². The van der Waals surface area contributed by atoms with E-state index in [0.29, 0.717) is 0 Å². The molecule has 0 saturated heterocycles. The van der Waals surface area contributed by atoms with Gasteiger partial charge in [-0.2, -0.15) is 0 Å². The van der Waals surface area contributed by atoms with Gasteiger partial charge in [0.05, 0.1) is 0 Å². The maximum absolute atomic E-state index is 2.66. The molecule has 0 aliphatic heterocycles. The van der Waals surface area contributed by atoms with Crippen LogP contribution in [-0.4, -0.2) is 24.5 Å². The highest BCUT2D eigenvalue weighted by Crippen LogP contribution is 2.05. The van der Waals surface area contributed by atoms with Crippen LogP contribution in [0.25, 0.3) is 0 Å². The van der Waals surface area contributed by atoms with Crippen LogP contribution in [0.4, 0.5) is 0 Å². The molecule has 0 spiro atoms. The van der Waals surface area contributed by atoms with Crippen LogP contribution in [0.2, 0.25) is 0 Å². The van der Waals surface area contributed by atoms with Gasteiger partial charge in [-0.1, -0.05) is 95.8 Å². The molecule has 1 heteroatoms. The fourth-order valence-electron chi connectivity index (χ4n) is 3.35. The van der Waals surface area contributed by atoms with E-state index >= 15 is 0 Å². The van der Waals surface area contributed by atoms with Crippen LogP contribution in [0.15, 0.2) is 36.5 Å². The van der Waals surface area contributed by atoms with Gasteiger partial charge in [0.1, 0.15) is 0 Å². The molecular formula is C27H51N. The van der Waals surface area contributed by atoms with Crippen molar-refractivity contribution in [2.24, 2.45) is 0 Å². The van der Waals surface area contributed by atoms with Crippen molar-refractivity contribution in [3.05, 3.63) is 36.5 Å². The molecule has 0 N–H and O–H groups in total. The number of allylic oxidation sites excluding steroid dienone is 3. The molecular weight excluding hydrogens is 338 g/mol. The Balaban J connectivity index is 4.07. The van der Waals surface area contributed by atoms with Crippen LogP contribution >= 0.6 is 0 Å².